The van der Waals surface area contributed by atoms with Gasteiger partial charge < -0.3 is 9.84 Å². The molecule has 2 aromatic rings. The van der Waals surface area contributed by atoms with Crippen LogP contribution in [0.25, 0.3) is 6.08 Å². The van der Waals surface area contributed by atoms with Crippen molar-refractivity contribution < 1.29 is 29.0 Å². The van der Waals surface area contributed by atoms with Crippen LogP contribution in [-0.4, -0.2) is 57.0 Å². The average molecular weight is 595 g/mol. The number of carbonyl (C=O) groups is 4. The predicted molar refractivity (Wildman–Crippen MR) is 154 cm³/mol. The number of carbonyl (C=O) groups excluding carboxylic acids is 4. The van der Waals surface area contributed by atoms with Gasteiger partial charge in [0.15, 0.2) is 21.2 Å². The minimum Gasteiger partial charge on any atom is -0.504 e. The van der Waals surface area contributed by atoms with Crippen molar-refractivity contribution in [3.05, 3.63) is 71.8 Å². The Morgan fingerprint density at radius 1 is 1.05 bits per heavy atom. The summed E-state index contributed by atoms with van der Waals surface area (Å²) in [5, 5.41) is 11.3. The van der Waals surface area contributed by atoms with E-state index in [4.69, 9.17) is 27.9 Å². The molecule has 1 saturated carbocycles. The number of anilines is 1. The Kier molecular flexibility index (Phi) is 6.36. The van der Waals surface area contributed by atoms with Crippen LogP contribution in [0.15, 0.2) is 60.7 Å². The molecule has 212 valence electrons. The van der Waals surface area contributed by atoms with E-state index >= 15 is 0 Å². The Balaban J connectivity index is 1.51. The Hall–Kier alpha value is -3.62. The average Bonchev–Trinajstić information content (AvgIpc) is 3.29. The number of halogens is 2. The largest absolute Gasteiger partial charge is 0.504 e. The highest BCUT2D eigenvalue weighted by Crippen LogP contribution is 2.66. The third-order valence-electron chi connectivity index (χ3n) is 9.04. The summed E-state index contributed by atoms with van der Waals surface area (Å²) in [6.07, 6.45) is 3.60. The number of phenols is 1. The lowest BCUT2D eigenvalue weighted by Crippen LogP contribution is -2.60. The van der Waals surface area contributed by atoms with Gasteiger partial charge in [0.25, 0.3) is 11.8 Å². The molecule has 3 fully saturated rings. The van der Waals surface area contributed by atoms with E-state index in [1.165, 1.54) is 11.9 Å². The molecular weight excluding hydrogens is 567 g/mol. The third kappa shape index (κ3) is 3.53. The van der Waals surface area contributed by atoms with Crippen molar-refractivity contribution >= 4 is 58.6 Å². The smallest absolute Gasteiger partial charge is 0.253 e. The van der Waals surface area contributed by atoms with Crippen LogP contribution in [0.5, 0.6) is 11.5 Å². The lowest BCUT2D eigenvalue weighted by atomic mass is 9.56. The maximum atomic E-state index is 14.0. The first-order valence-corrected chi connectivity index (χ1v) is 14.2. The van der Waals surface area contributed by atoms with Crippen molar-refractivity contribution in [2.75, 3.05) is 18.6 Å². The third-order valence-corrected chi connectivity index (χ3v) is 10.5. The van der Waals surface area contributed by atoms with Gasteiger partial charge in [-0.05, 0) is 49.4 Å². The van der Waals surface area contributed by atoms with Gasteiger partial charge in [0.1, 0.15) is 0 Å². The van der Waals surface area contributed by atoms with Gasteiger partial charge >= 0.3 is 0 Å². The van der Waals surface area contributed by atoms with E-state index in [2.05, 4.69) is 6.58 Å². The molecule has 0 aromatic heterocycles. The van der Waals surface area contributed by atoms with Gasteiger partial charge in [0.05, 0.1) is 24.1 Å². The van der Waals surface area contributed by atoms with E-state index in [9.17, 15) is 24.3 Å². The van der Waals surface area contributed by atoms with E-state index in [0.717, 1.165) is 10.5 Å². The first-order chi connectivity index (χ1) is 19.5. The zero-order valence-electron chi connectivity index (χ0n) is 22.5. The highest BCUT2D eigenvalue weighted by molar-refractivity contribution is 6.53. The number of phenolic OH excluding ortho intramolecular Hbond substituents is 1. The van der Waals surface area contributed by atoms with E-state index in [-0.39, 0.29) is 42.4 Å². The number of rotatable bonds is 5. The number of imide groups is 2. The highest BCUT2D eigenvalue weighted by Gasteiger charge is 2.76. The zero-order chi connectivity index (χ0) is 29.4. The molecule has 4 aliphatic rings. The molecule has 2 aliphatic heterocycles. The van der Waals surface area contributed by atoms with E-state index in [0.29, 0.717) is 11.3 Å². The van der Waals surface area contributed by atoms with Crippen molar-refractivity contribution in [1.82, 2.24) is 4.90 Å². The van der Waals surface area contributed by atoms with Crippen LogP contribution in [0, 0.1) is 17.8 Å². The van der Waals surface area contributed by atoms with Crippen LogP contribution in [0.3, 0.4) is 0 Å². The summed E-state index contributed by atoms with van der Waals surface area (Å²) in [4.78, 5) is 53.2. The summed E-state index contributed by atoms with van der Waals surface area (Å²) in [5.74, 6) is -5.40. The molecule has 8 nitrogen and oxygen atoms in total. The SMILES string of the molecule is C=Cc1ccc(N2C(=O)C3CC=C4C(CC5(Cl)C(=O)N(C)C(=O)C5(Cl)C4c4cccc(OCC)c4O)C3C2=O)cc1. The van der Waals surface area contributed by atoms with E-state index in [1.54, 1.807) is 55.5 Å². The fourth-order valence-electron chi connectivity index (χ4n) is 7.15. The Labute approximate surface area is 247 Å². The second kappa shape index (κ2) is 9.46. The molecular formula is C31H28Cl2N2O6. The molecule has 6 unspecified atom stereocenters. The van der Waals surface area contributed by atoms with E-state index < -0.39 is 51.1 Å². The molecule has 2 saturated heterocycles. The monoisotopic (exact) mass is 594 g/mol. The van der Waals surface area contributed by atoms with Crippen molar-refractivity contribution in [3.8, 4) is 11.5 Å². The topological polar surface area (TPSA) is 104 Å². The predicted octanol–water partition coefficient (Wildman–Crippen LogP) is 4.63. The molecule has 6 atom stereocenters. The summed E-state index contributed by atoms with van der Waals surface area (Å²) in [5.41, 5.74) is 2.14. The zero-order valence-corrected chi connectivity index (χ0v) is 24.0. The standard InChI is InChI=1S/C31H28Cl2N2O6/c1-4-16-9-11-17(12-10-16)35-26(37)19-14-13-18-21(23(19)27(35)38)15-30(32)28(39)34(3)29(40)31(30,33)24(18)20-7-6-8-22(25(20)36)41-5-2/h4,6-13,19,21,23-24,36H,1,5,14-15H2,2-3H3. The second-order valence-electron chi connectivity index (χ2n) is 10.9. The minimum atomic E-state index is -1.98. The van der Waals surface area contributed by atoms with Crippen LogP contribution in [-0.2, 0) is 19.2 Å². The normalized spacial score (nSPS) is 32.4. The number of para-hydroxylation sites is 1. The summed E-state index contributed by atoms with van der Waals surface area (Å²) in [7, 11) is 1.32. The molecule has 0 bridgehead atoms. The molecule has 10 heteroatoms. The molecule has 0 radical (unpaired) electrons. The summed E-state index contributed by atoms with van der Waals surface area (Å²) in [6, 6.07) is 11.8. The Morgan fingerprint density at radius 3 is 2.41 bits per heavy atom. The maximum Gasteiger partial charge on any atom is 0.253 e. The van der Waals surface area contributed by atoms with Crippen LogP contribution < -0.4 is 9.64 Å². The quantitative estimate of drug-likeness (QED) is 0.307. The number of fused-ring (bicyclic) bond motifs is 4. The molecule has 41 heavy (non-hydrogen) atoms. The van der Waals surface area contributed by atoms with Gasteiger partial charge in [-0.3, -0.25) is 29.0 Å². The number of benzene rings is 2. The van der Waals surface area contributed by atoms with E-state index in [1.807, 2.05) is 6.08 Å². The van der Waals surface area contributed by atoms with Crippen LogP contribution in [0.2, 0.25) is 0 Å². The number of hydrogen-bond acceptors (Lipinski definition) is 6. The Morgan fingerprint density at radius 2 is 1.76 bits per heavy atom. The lowest BCUT2D eigenvalue weighted by Gasteiger charge is -2.50. The number of alkyl halides is 2. The van der Waals surface area contributed by atoms with Crippen LogP contribution >= 0.6 is 23.2 Å². The molecule has 2 aromatic carbocycles. The first kappa shape index (κ1) is 27.5. The van der Waals surface area contributed by atoms with Gasteiger partial charge in [-0.1, -0.05) is 48.6 Å². The molecule has 2 aliphatic carbocycles. The van der Waals surface area contributed by atoms with Gasteiger partial charge in [0.2, 0.25) is 11.8 Å². The van der Waals surface area contributed by atoms with Crippen molar-refractivity contribution in [3.63, 3.8) is 0 Å². The summed E-state index contributed by atoms with van der Waals surface area (Å²) < 4.78 is 5.60. The molecule has 0 spiro atoms. The van der Waals surface area contributed by atoms with Gasteiger partial charge in [-0.2, -0.15) is 0 Å². The molecule has 2 heterocycles. The van der Waals surface area contributed by atoms with Crippen molar-refractivity contribution in [2.45, 2.75) is 35.4 Å². The first-order valence-electron chi connectivity index (χ1n) is 13.5. The lowest BCUT2D eigenvalue weighted by molar-refractivity contribution is -0.138. The fraction of sp³-hybridized carbons (Fsp3) is 0.355. The number of likely N-dealkylation sites (tertiary alicyclic amines) is 1. The van der Waals surface area contributed by atoms with Gasteiger partial charge in [0, 0.05) is 18.5 Å². The number of aromatic hydroxyl groups is 1. The molecule has 4 amide bonds. The number of allylic oxidation sites excluding steroid dienone is 2. The van der Waals surface area contributed by atoms with Crippen molar-refractivity contribution in [1.29, 1.82) is 0 Å². The molecule has 6 rings (SSSR count). The number of amides is 4. The summed E-state index contributed by atoms with van der Waals surface area (Å²) in [6.45, 7) is 5.79. The van der Waals surface area contributed by atoms with Crippen molar-refractivity contribution in [2.24, 2.45) is 17.8 Å². The van der Waals surface area contributed by atoms with Gasteiger partial charge in [-0.25, -0.2) is 0 Å². The summed E-state index contributed by atoms with van der Waals surface area (Å²) >= 11 is 14.4. The number of nitrogens with zero attached hydrogens (tertiary/aromatic N) is 2. The number of ether oxygens (including phenoxy) is 1. The fourth-order valence-corrected chi connectivity index (χ4v) is 8.16. The highest BCUT2D eigenvalue weighted by atomic mass is 35.5. The van der Waals surface area contributed by atoms with Crippen LogP contribution in [0.4, 0.5) is 5.69 Å². The number of hydrogen-bond donors (Lipinski definition) is 1. The minimum absolute atomic E-state index is 0.120. The second-order valence-corrected chi connectivity index (χ2v) is 12.2. The molecule has 1 N–H and O–H groups in total. The maximum absolute atomic E-state index is 14.0. The van der Waals surface area contributed by atoms with Crippen LogP contribution in [0.1, 0.15) is 36.8 Å². The van der Waals surface area contributed by atoms with Gasteiger partial charge in [-0.15, -0.1) is 23.2 Å². The Bertz CT molecular complexity index is 1550.